The lowest BCUT2D eigenvalue weighted by atomic mass is 9.99. The summed E-state index contributed by atoms with van der Waals surface area (Å²) in [5.41, 5.74) is 2.84. The van der Waals surface area contributed by atoms with E-state index in [-0.39, 0.29) is 11.9 Å². The van der Waals surface area contributed by atoms with Crippen LogP contribution < -0.4 is 5.32 Å². The minimum absolute atomic E-state index is 0.0145. The van der Waals surface area contributed by atoms with E-state index < -0.39 is 0 Å². The van der Waals surface area contributed by atoms with Crippen molar-refractivity contribution in [2.75, 3.05) is 6.54 Å². The highest BCUT2D eigenvalue weighted by atomic mass is 32.1. The van der Waals surface area contributed by atoms with Crippen molar-refractivity contribution in [2.24, 2.45) is 0 Å². The van der Waals surface area contributed by atoms with Gasteiger partial charge in [-0.3, -0.25) is 0 Å². The van der Waals surface area contributed by atoms with Gasteiger partial charge in [0.1, 0.15) is 5.82 Å². The van der Waals surface area contributed by atoms with Crippen LogP contribution >= 0.6 is 11.7 Å². The predicted octanol–water partition coefficient (Wildman–Crippen LogP) is 2.68. The highest BCUT2D eigenvalue weighted by Crippen LogP contribution is 2.24. The zero-order chi connectivity index (χ0) is 12.3. The molecule has 2 rings (SSSR count). The van der Waals surface area contributed by atoms with Crippen LogP contribution in [0.1, 0.15) is 29.8 Å². The summed E-state index contributed by atoms with van der Waals surface area (Å²) in [6.07, 6.45) is 1.75. The van der Waals surface area contributed by atoms with Crippen LogP contribution in [0.25, 0.3) is 0 Å². The fourth-order valence-corrected chi connectivity index (χ4v) is 2.29. The van der Waals surface area contributed by atoms with Crippen LogP contribution in [0.4, 0.5) is 4.39 Å². The first-order valence-corrected chi connectivity index (χ1v) is 6.22. The molecule has 0 amide bonds. The molecule has 0 bridgehead atoms. The van der Waals surface area contributed by atoms with Gasteiger partial charge in [-0.05, 0) is 36.7 Å². The van der Waals surface area contributed by atoms with E-state index >= 15 is 0 Å². The summed E-state index contributed by atoms with van der Waals surface area (Å²) in [7, 11) is 0. The van der Waals surface area contributed by atoms with Crippen molar-refractivity contribution >= 4 is 11.7 Å². The zero-order valence-electron chi connectivity index (χ0n) is 9.77. The first kappa shape index (κ1) is 12.1. The summed E-state index contributed by atoms with van der Waals surface area (Å²) >= 11 is 1.18. The smallest absolute Gasteiger partial charge is 0.123 e. The highest BCUT2D eigenvalue weighted by molar-refractivity contribution is 6.99. The molecule has 0 saturated carbocycles. The summed E-state index contributed by atoms with van der Waals surface area (Å²) < 4.78 is 21.4. The van der Waals surface area contributed by atoms with Gasteiger partial charge in [-0.15, -0.1) is 0 Å². The Labute approximate surface area is 104 Å². The molecule has 0 radical (unpaired) electrons. The number of benzene rings is 1. The fraction of sp³-hybridized carbons (Fsp3) is 0.333. The van der Waals surface area contributed by atoms with Crippen LogP contribution in [-0.2, 0) is 0 Å². The molecule has 0 aliphatic carbocycles. The first-order valence-electron chi connectivity index (χ1n) is 5.49. The van der Waals surface area contributed by atoms with E-state index in [1.165, 1.54) is 17.8 Å². The first-order chi connectivity index (χ1) is 8.22. The molecular formula is C12H14FN3S. The maximum atomic E-state index is 13.1. The minimum Gasteiger partial charge on any atom is -0.305 e. The SMILES string of the molecule is CCNC(c1cnsn1)c1ccc(F)cc1C. The summed E-state index contributed by atoms with van der Waals surface area (Å²) in [5.74, 6) is -0.210. The Bertz CT molecular complexity index is 485. The van der Waals surface area contributed by atoms with Gasteiger partial charge in [-0.2, -0.15) is 8.75 Å². The number of halogens is 1. The van der Waals surface area contributed by atoms with Crippen LogP contribution in [0.3, 0.4) is 0 Å². The third-order valence-corrected chi connectivity index (χ3v) is 3.12. The summed E-state index contributed by atoms with van der Waals surface area (Å²) in [6, 6.07) is 4.81. The molecular weight excluding hydrogens is 237 g/mol. The lowest BCUT2D eigenvalue weighted by Crippen LogP contribution is -2.23. The molecule has 0 fully saturated rings. The second-order valence-corrected chi connectivity index (χ2v) is 4.38. The van der Waals surface area contributed by atoms with Crippen molar-refractivity contribution in [3.63, 3.8) is 0 Å². The van der Waals surface area contributed by atoms with Crippen LogP contribution in [0.5, 0.6) is 0 Å². The second kappa shape index (κ2) is 5.33. The molecule has 17 heavy (non-hydrogen) atoms. The maximum absolute atomic E-state index is 13.1. The summed E-state index contributed by atoms with van der Waals surface area (Å²) in [6.45, 7) is 4.76. The Morgan fingerprint density at radius 2 is 2.29 bits per heavy atom. The monoisotopic (exact) mass is 251 g/mol. The van der Waals surface area contributed by atoms with Gasteiger partial charge in [0, 0.05) is 0 Å². The predicted molar refractivity (Wildman–Crippen MR) is 66.6 cm³/mol. The Balaban J connectivity index is 2.39. The van der Waals surface area contributed by atoms with Gasteiger partial charge < -0.3 is 5.32 Å². The fourth-order valence-electron chi connectivity index (χ4n) is 1.84. The molecule has 1 N–H and O–H groups in total. The van der Waals surface area contributed by atoms with Crippen LogP contribution in [0.2, 0.25) is 0 Å². The molecule has 2 aromatic rings. The number of nitrogens with zero attached hydrogens (tertiary/aromatic N) is 2. The van der Waals surface area contributed by atoms with Crippen molar-refractivity contribution in [3.8, 4) is 0 Å². The molecule has 1 atom stereocenters. The van der Waals surface area contributed by atoms with Crippen LogP contribution in [-0.4, -0.2) is 15.3 Å². The van der Waals surface area contributed by atoms with E-state index in [0.29, 0.717) is 0 Å². The molecule has 0 aliphatic rings. The Morgan fingerprint density at radius 3 is 2.88 bits per heavy atom. The van der Waals surface area contributed by atoms with Gasteiger partial charge in [0.15, 0.2) is 0 Å². The summed E-state index contributed by atoms with van der Waals surface area (Å²) in [5, 5.41) is 3.34. The van der Waals surface area contributed by atoms with Crippen LogP contribution in [0.15, 0.2) is 24.4 Å². The molecule has 1 aromatic carbocycles. The highest BCUT2D eigenvalue weighted by Gasteiger charge is 2.17. The van der Waals surface area contributed by atoms with Crippen molar-refractivity contribution < 1.29 is 4.39 Å². The van der Waals surface area contributed by atoms with Crippen LogP contribution in [0, 0.1) is 12.7 Å². The molecule has 90 valence electrons. The van der Waals surface area contributed by atoms with Gasteiger partial charge in [-0.25, -0.2) is 4.39 Å². The van der Waals surface area contributed by atoms with Crippen molar-refractivity contribution in [2.45, 2.75) is 19.9 Å². The van der Waals surface area contributed by atoms with Crippen molar-refractivity contribution in [1.82, 2.24) is 14.1 Å². The van der Waals surface area contributed by atoms with E-state index in [0.717, 1.165) is 23.4 Å². The number of aromatic nitrogens is 2. The number of rotatable bonds is 4. The van der Waals surface area contributed by atoms with Gasteiger partial charge in [0.25, 0.3) is 0 Å². The number of aryl methyl sites for hydroxylation is 1. The third-order valence-electron chi connectivity index (χ3n) is 2.63. The Kier molecular flexibility index (Phi) is 3.81. The minimum atomic E-state index is -0.210. The molecule has 0 spiro atoms. The molecule has 1 unspecified atom stereocenters. The maximum Gasteiger partial charge on any atom is 0.123 e. The number of nitrogens with one attached hydrogen (secondary N) is 1. The summed E-state index contributed by atoms with van der Waals surface area (Å²) in [4.78, 5) is 0. The van der Waals surface area contributed by atoms with Crippen molar-refractivity contribution in [1.29, 1.82) is 0 Å². The molecule has 1 heterocycles. The quantitative estimate of drug-likeness (QED) is 0.908. The number of hydrogen-bond acceptors (Lipinski definition) is 4. The normalized spacial score (nSPS) is 12.6. The second-order valence-electron chi connectivity index (χ2n) is 3.82. The molecule has 1 aromatic heterocycles. The molecule has 0 saturated heterocycles. The topological polar surface area (TPSA) is 37.8 Å². The third kappa shape index (κ3) is 2.68. The molecule has 3 nitrogen and oxygen atoms in total. The van der Waals surface area contributed by atoms with E-state index in [9.17, 15) is 4.39 Å². The van der Waals surface area contributed by atoms with E-state index in [4.69, 9.17) is 0 Å². The average molecular weight is 251 g/mol. The molecule has 0 aliphatic heterocycles. The molecule has 5 heteroatoms. The zero-order valence-corrected chi connectivity index (χ0v) is 10.6. The lowest BCUT2D eigenvalue weighted by Gasteiger charge is -2.18. The van der Waals surface area contributed by atoms with Gasteiger partial charge in [0.05, 0.1) is 29.7 Å². The van der Waals surface area contributed by atoms with E-state index in [1.807, 2.05) is 13.8 Å². The van der Waals surface area contributed by atoms with Gasteiger partial charge in [0.2, 0.25) is 0 Å². The Morgan fingerprint density at radius 1 is 1.47 bits per heavy atom. The largest absolute Gasteiger partial charge is 0.305 e. The average Bonchev–Trinajstić information content (AvgIpc) is 2.80. The van der Waals surface area contributed by atoms with Crippen molar-refractivity contribution in [3.05, 3.63) is 47.0 Å². The standard InChI is InChI=1S/C12H14FN3S/c1-3-14-12(11-7-15-17-16-11)10-5-4-9(13)6-8(10)2/h4-7,12,14H,3H2,1-2H3. The number of hydrogen-bond donors (Lipinski definition) is 1. The Hall–Kier alpha value is -1.33. The van der Waals surface area contributed by atoms with E-state index in [1.54, 1.807) is 18.3 Å². The van der Waals surface area contributed by atoms with Gasteiger partial charge >= 0.3 is 0 Å². The van der Waals surface area contributed by atoms with E-state index in [2.05, 4.69) is 14.1 Å². The lowest BCUT2D eigenvalue weighted by molar-refractivity contribution is 0.604. The van der Waals surface area contributed by atoms with Gasteiger partial charge in [-0.1, -0.05) is 13.0 Å².